The molecule has 0 fully saturated rings. The first-order valence-corrected chi connectivity index (χ1v) is 6.89. The fourth-order valence-corrected chi connectivity index (χ4v) is 3.44. The first-order chi connectivity index (χ1) is 7.45. The van der Waals surface area contributed by atoms with Crippen molar-refractivity contribution in [2.45, 2.75) is 25.5 Å². The summed E-state index contributed by atoms with van der Waals surface area (Å²) in [4.78, 5) is 10.3. The summed E-state index contributed by atoms with van der Waals surface area (Å²) in [5.41, 5.74) is 0.611. The van der Waals surface area contributed by atoms with Crippen LogP contribution in [0.2, 0.25) is 0 Å². The van der Waals surface area contributed by atoms with Crippen LogP contribution in [-0.4, -0.2) is 16.1 Å². The van der Waals surface area contributed by atoms with Gasteiger partial charge in [0, 0.05) is 18.5 Å². The van der Waals surface area contributed by atoms with Gasteiger partial charge in [-0.05, 0) is 68.9 Å². The lowest BCUT2D eigenvalue weighted by Gasteiger charge is -2.15. The topological polar surface area (TPSA) is 63.4 Å². The van der Waals surface area contributed by atoms with Crippen LogP contribution in [0.4, 0.5) is 0 Å². The zero-order chi connectivity index (χ0) is 12.3. The van der Waals surface area contributed by atoms with Gasteiger partial charge >= 0.3 is 0 Å². The number of aliphatic hydroxyl groups is 1. The number of aliphatic hydroxyl groups excluding tert-OH is 1. The van der Waals surface area contributed by atoms with Crippen LogP contribution in [-0.2, 0) is 0 Å². The number of rotatable bonds is 4. The van der Waals surface area contributed by atoms with E-state index in [2.05, 4.69) is 45.2 Å². The van der Waals surface area contributed by atoms with Gasteiger partial charge in [-0.25, -0.2) is 0 Å². The molecule has 0 radical (unpaired) electrons. The number of hydrogen-bond donors (Lipinski definition) is 1. The van der Waals surface area contributed by atoms with Gasteiger partial charge in [0.15, 0.2) is 0 Å². The van der Waals surface area contributed by atoms with Crippen molar-refractivity contribution < 1.29 is 10.0 Å². The van der Waals surface area contributed by atoms with Gasteiger partial charge in [-0.15, -0.1) is 0 Å². The SMILES string of the molecule is CC[C@@H]([C@H](O)c1cc(I)cc(I)c1)[N+](=O)[O-]. The standard InChI is InChI=1S/C10H11I2NO3/c1-2-9(13(15)16)10(14)6-3-7(11)5-8(12)4-6/h3-5,9-10,14H,2H2,1H3/t9-,10+/m0/s1. The summed E-state index contributed by atoms with van der Waals surface area (Å²) >= 11 is 4.26. The van der Waals surface area contributed by atoms with E-state index in [1.54, 1.807) is 19.1 Å². The fourth-order valence-electron chi connectivity index (χ4n) is 1.46. The Bertz CT molecular complexity index is 377. The highest BCUT2D eigenvalue weighted by Crippen LogP contribution is 2.24. The molecule has 1 rings (SSSR count). The minimum absolute atomic E-state index is 0.316. The van der Waals surface area contributed by atoms with Crippen LogP contribution >= 0.6 is 45.2 Å². The molecule has 0 saturated heterocycles. The minimum atomic E-state index is -1.04. The van der Waals surface area contributed by atoms with Crippen LogP contribution in [0.25, 0.3) is 0 Å². The highest BCUT2D eigenvalue weighted by atomic mass is 127. The molecule has 0 aromatic heterocycles. The predicted octanol–water partition coefficient (Wildman–Crippen LogP) is 2.98. The Kier molecular flexibility index (Phi) is 5.38. The van der Waals surface area contributed by atoms with Gasteiger partial charge in [-0.2, -0.15) is 0 Å². The van der Waals surface area contributed by atoms with Crippen molar-refractivity contribution >= 4 is 45.2 Å². The molecule has 88 valence electrons. The third-order valence-corrected chi connectivity index (χ3v) is 3.53. The molecule has 6 heteroatoms. The lowest BCUT2D eigenvalue weighted by molar-refractivity contribution is -0.536. The van der Waals surface area contributed by atoms with Crippen molar-refractivity contribution in [3.8, 4) is 0 Å². The molecular weight excluding hydrogens is 436 g/mol. The summed E-state index contributed by atoms with van der Waals surface area (Å²) in [6.45, 7) is 1.70. The predicted molar refractivity (Wildman–Crippen MR) is 77.9 cm³/mol. The van der Waals surface area contributed by atoms with Gasteiger partial charge in [0.2, 0.25) is 6.04 Å². The summed E-state index contributed by atoms with van der Waals surface area (Å²) in [5, 5.41) is 20.7. The summed E-state index contributed by atoms with van der Waals surface area (Å²) in [6.07, 6.45) is -0.723. The number of halogens is 2. The highest BCUT2D eigenvalue weighted by Gasteiger charge is 2.29. The van der Waals surface area contributed by atoms with E-state index < -0.39 is 17.1 Å². The molecule has 0 bridgehead atoms. The maximum Gasteiger partial charge on any atom is 0.242 e. The monoisotopic (exact) mass is 447 g/mol. The van der Waals surface area contributed by atoms with Gasteiger partial charge in [0.1, 0.15) is 6.10 Å². The second kappa shape index (κ2) is 6.10. The van der Waals surface area contributed by atoms with Crippen LogP contribution in [0.3, 0.4) is 0 Å². The first-order valence-electron chi connectivity index (χ1n) is 4.73. The highest BCUT2D eigenvalue weighted by molar-refractivity contribution is 14.1. The Balaban J connectivity index is 3.02. The molecule has 2 atom stereocenters. The van der Waals surface area contributed by atoms with Crippen molar-refractivity contribution in [1.82, 2.24) is 0 Å². The molecule has 1 aromatic carbocycles. The summed E-state index contributed by atoms with van der Waals surface area (Å²) in [7, 11) is 0. The van der Waals surface area contributed by atoms with Crippen LogP contribution in [0, 0.1) is 17.3 Å². The Morgan fingerprint density at radius 2 is 1.88 bits per heavy atom. The van der Waals surface area contributed by atoms with E-state index >= 15 is 0 Å². The summed E-state index contributed by atoms with van der Waals surface area (Å²) in [5.74, 6) is 0. The van der Waals surface area contributed by atoms with Crippen LogP contribution in [0.5, 0.6) is 0 Å². The van der Waals surface area contributed by atoms with E-state index in [0.717, 1.165) is 7.14 Å². The van der Waals surface area contributed by atoms with Crippen molar-refractivity contribution in [2.24, 2.45) is 0 Å². The third-order valence-electron chi connectivity index (χ3n) is 2.28. The summed E-state index contributed by atoms with van der Waals surface area (Å²) < 4.78 is 1.94. The van der Waals surface area contributed by atoms with Crippen molar-refractivity contribution in [3.05, 3.63) is 41.0 Å². The molecule has 1 aromatic rings. The van der Waals surface area contributed by atoms with E-state index in [4.69, 9.17) is 0 Å². The largest absolute Gasteiger partial charge is 0.381 e. The number of nitro groups is 1. The average Bonchev–Trinajstić information content (AvgIpc) is 2.16. The van der Waals surface area contributed by atoms with Crippen LogP contribution in [0.15, 0.2) is 18.2 Å². The quantitative estimate of drug-likeness (QED) is 0.439. The van der Waals surface area contributed by atoms with E-state index in [0.29, 0.717) is 12.0 Å². The Morgan fingerprint density at radius 3 is 2.25 bits per heavy atom. The zero-order valence-electron chi connectivity index (χ0n) is 8.56. The number of benzene rings is 1. The molecule has 0 saturated carbocycles. The second-order valence-electron chi connectivity index (χ2n) is 3.41. The zero-order valence-corrected chi connectivity index (χ0v) is 12.9. The lowest BCUT2D eigenvalue weighted by atomic mass is 10.0. The Morgan fingerprint density at radius 1 is 1.38 bits per heavy atom. The maximum absolute atomic E-state index is 10.8. The van der Waals surface area contributed by atoms with Crippen molar-refractivity contribution in [1.29, 1.82) is 0 Å². The van der Waals surface area contributed by atoms with Gasteiger partial charge in [-0.3, -0.25) is 10.1 Å². The maximum atomic E-state index is 10.8. The molecule has 0 heterocycles. The molecule has 1 N–H and O–H groups in total. The van der Waals surface area contributed by atoms with Crippen LogP contribution < -0.4 is 0 Å². The number of nitrogens with zero attached hydrogens (tertiary/aromatic N) is 1. The van der Waals surface area contributed by atoms with E-state index in [-0.39, 0.29) is 0 Å². The summed E-state index contributed by atoms with van der Waals surface area (Å²) in [6, 6.07) is 4.57. The van der Waals surface area contributed by atoms with Gasteiger partial charge in [-0.1, -0.05) is 6.92 Å². The number of hydrogen-bond acceptors (Lipinski definition) is 3. The van der Waals surface area contributed by atoms with E-state index in [1.165, 1.54) is 0 Å². The smallest absolute Gasteiger partial charge is 0.242 e. The van der Waals surface area contributed by atoms with Crippen LogP contribution in [0.1, 0.15) is 25.0 Å². The lowest BCUT2D eigenvalue weighted by Crippen LogP contribution is -2.26. The molecule has 4 nitrogen and oxygen atoms in total. The molecule has 0 spiro atoms. The Hall–Kier alpha value is 0.0400. The normalized spacial score (nSPS) is 14.5. The van der Waals surface area contributed by atoms with Crippen molar-refractivity contribution in [2.75, 3.05) is 0 Å². The van der Waals surface area contributed by atoms with Gasteiger partial charge in [0.25, 0.3) is 0 Å². The molecule has 0 aliphatic heterocycles. The Labute approximate surface area is 121 Å². The molecular formula is C10H11I2NO3. The van der Waals surface area contributed by atoms with Gasteiger partial charge in [0.05, 0.1) is 0 Å². The molecule has 0 unspecified atom stereocenters. The minimum Gasteiger partial charge on any atom is -0.381 e. The fraction of sp³-hybridized carbons (Fsp3) is 0.400. The molecule has 0 aliphatic carbocycles. The average molecular weight is 447 g/mol. The second-order valence-corrected chi connectivity index (χ2v) is 5.90. The van der Waals surface area contributed by atoms with Gasteiger partial charge < -0.3 is 5.11 Å². The molecule has 0 amide bonds. The molecule has 0 aliphatic rings. The first kappa shape index (κ1) is 14.1. The molecule has 16 heavy (non-hydrogen) atoms. The van der Waals surface area contributed by atoms with E-state index in [1.807, 2.05) is 6.07 Å². The van der Waals surface area contributed by atoms with E-state index in [9.17, 15) is 15.2 Å². The third kappa shape index (κ3) is 3.52. The van der Waals surface area contributed by atoms with Crippen molar-refractivity contribution in [3.63, 3.8) is 0 Å².